The van der Waals surface area contributed by atoms with Crippen molar-refractivity contribution in [1.29, 1.82) is 0 Å². The van der Waals surface area contributed by atoms with Crippen LogP contribution in [0.4, 0.5) is 0 Å². The lowest BCUT2D eigenvalue weighted by Gasteiger charge is -2.32. The van der Waals surface area contributed by atoms with Crippen LogP contribution in [0.5, 0.6) is 0 Å². The van der Waals surface area contributed by atoms with E-state index in [0.717, 1.165) is 12.8 Å². The average Bonchev–Trinajstić information content (AvgIpc) is 2.68. The fourth-order valence-corrected chi connectivity index (χ4v) is 3.90. The van der Waals surface area contributed by atoms with Gasteiger partial charge in [-0.15, -0.1) is 11.6 Å². The number of halogens is 1. The molecule has 0 aliphatic carbocycles. The van der Waals surface area contributed by atoms with E-state index in [1.165, 1.54) is 4.31 Å². The van der Waals surface area contributed by atoms with Crippen LogP contribution in [-0.4, -0.2) is 37.7 Å². The van der Waals surface area contributed by atoms with E-state index in [1.807, 2.05) is 20.8 Å². The Morgan fingerprint density at radius 1 is 1.29 bits per heavy atom. The molecule has 0 radical (unpaired) electrons. The van der Waals surface area contributed by atoms with Crippen LogP contribution in [0.25, 0.3) is 0 Å². The predicted octanol–water partition coefficient (Wildman–Crippen LogP) is 1.96. The van der Waals surface area contributed by atoms with Crippen LogP contribution < -0.4 is 4.72 Å². The van der Waals surface area contributed by atoms with Crippen molar-refractivity contribution in [2.45, 2.75) is 46.1 Å². The van der Waals surface area contributed by atoms with E-state index >= 15 is 0 Å². The van der Waals surface area contributed by atoms with Crippen LogP contribution in [0.2, 0.25) is 0 Å². The van der Waals surface area contributed by atoms with Gasteiger partial charge in [0, 0.05) is 25.0 Å². The van der Waals surface area contributed by atoms with E-state index in [0.29, 0.717) is 25.4 Å². The topological polar surface area (TPSA) is 49.4 Å². The third-order valence-electron chi connectivity index (χ3n) is 3.14. The van der Waals surface area contributed by atoms with Crippen LogP contribution in [0.3, 0.4) is 0 Å². The monoisotopic (exact) mass is 282 g/mol. The number of hydrogen-bond acceptors (Lipinski definition) is 2. The maximum atomic E-state index is 12.1. The summed E-state index contributed by atoms with van der Waals surface area (Å²) in [6, 6.07) is -0.120. The fourth-order valence-electron chi connectivity index (χ4n) is 1.96. The molecule has 0 aromatic carbocycles. The molecule has 0 aromatic heterocycles. The van der Waals surface area contributed by atoms with Crippen molar-refractivity contribution in [1.82, 2.24) is 9.03 Å². The lowest BCUT2D eigenvalue weighted by molar-refractivity contribution is 0.287. The molecule has 1 unspecified atom stereocenters. The standard InChI is InChI=1S/C11H23ClN2O2S/c1-11(2,3)10(6-7-12)13-17(15,16)14-8-4-5-9-14/h10,13H,4-9H2,1-3H3. The highest BCUT2D eigenvalue weighted by molar-refractivity contribution is 7.87. The Kier molecular flexibility index (Phi) is 5.25. The van der Waals surface area contributed by atoms with Crippen LogP contribution in [0.1, 0.15) is 40.0 Å². The minimum absolute atomic E-state index is 0.120. The molecular weight excluding hydrogens is 260 g/mol. The highest BCUT2D eigenvalue weighted by Gasteiger charge is 2.32. The molecule has 1 fully saturated rings. The van der Waals surface area contributed by atoms with Gasteiger partial charge in [0.1, 0.15) is 0 Å². The molecule has 0 aromatic rings. The van der Waals surface area contributed by atoms with Crippen molar-refractivity contribution in [3.8, 4) is 0 Å². The lowest BCUT2D eigenvalue weighted by Crippen LogP contribution is -2.49. The molecule has 4 nitrogen and oxygen atoms in total. The van der Waals surface area contributed by atoms with Gasteiger partial charge in [-0.2, -0.15) is 17.4 Å². The second-order valence-corrected chi connectivity index (χ2v) is 7.71. The first-order chi connectivity index (χ1) is 7.77. The second-order valence-electron chi connectivity index (χ2n) is 5.63. The molecule has 1 aliphatic rings. The van der Waals surface area contributed by atoms with E-state index in [9.17, 15) is 8.42 Å². The third kappa shape index (κ3) is 4.39. The highest BCUT2D eigenvalue weighted by atomic mass is 35.5. The Morgan fingerprint density at radius 3 is 2.24 bits per heavy atom. The lowest BCUT2D eigenvalue weighted by atomic mass is 9.86. The number of nitrogens with zero attached hydrogens (tertiary/aromatic N) is 1. The average molecular weight is 283 g/mol. The summed E-state index contributed by atoms with van der Waals surface area (Å²) < 4.78 is 28.6. The zero-order valence-electron chi connectivity index (χ0n) is 10.9. The van der Waals surface area contributed by atoms with Gasteiger partial charge in [-0.05, 0) is 24.7 Å². The summed E-state index contributed by atoms with van der Waals surface area (Å²) in [6.07, 6.45) is 2.56. The number of alkyl halides is 1. The molecule has 1 aliphatic heterocycles. The van der Waals surface area contributed by atoms with Gasteiger partial charge in [-0.1, -0.05) is 20.8 Å². The molecule has 1 atom stereocenters. The Bertz CT molecular complexity index is 332. The second kappa shape index (κ2) is 5.87. The Hall–Kier alpha value is 0.160. The largest absolute Gasteiger partial charge is 0.279 e. The molecule has 6 heteroatoms. The summed E-state index contributed by atoms with van der Waals surface area (Å²) in [5, 5.41) is 0. The molecule has 0 saturated carbocycles. The minimum atomic E-state index is -3.34. The number of nitrogens with one attached hydrogen (secondary N) is 1. The Morgan fingerprint density at radius 2 is 1.82 bits per heavy atom. The molecular formula is C11H23ClN2O2S. The van der Waals surface area contributed by atoms with Gasteiger partial charge in [0.25, 0.3) is 10.2 Å². The summed E-state index contributed by atoms with van der Waals surface area (Å²) in [4.78, 5) is 0. The van der Waals surface area contributed by atoms with Crippen molar-refractivity contribution >= 4 is 21.8 Å². The van der Waals surface area contributed by atoms with Crippen LogP contribution in [-0.2, 0) is 10.2 Å². The first-order valence-corrected chi connectivity index (χ1v) is 8.08. The van der Waals surface area contributed by atoms with E-state index in [1.54, 1.807) is 0 Å². The smallest absolute Gasteiger partial charge is 0.198 e. The summed E-state index contributed by atoms with van der Waals surface area (Å²) in [7, 11) is -3.34. The van der Waals surface area contributed by atoms with E-state index < -0.39 is 10.2 Å². The summed E-state index contributed by atoms with van der Waals surface area (Å²) in [6.45, 7) is 7.34. The number of hydrogen-bond donors (Lipinski definition) is 1. The SMILES string of the molecule is CC(C)(C)C(CCCl)NS(=O)(=O)N1CCCC1. The third-order valence-corrected chi connectivity index (χ3v) is 4.98. The molecule has 102 valence electrons. The molecule has 1 N–H and O–H groups in total. The van der Waals surface area contributed by atoms with E-state index in [-0.39, 0.29) is 11.5 Å². The van der Waals surface area contributed by atoms with Crippen LogP contribution >= 0.6 is 11.6 Å². The van der Waals surface area contributed by atoms with Crippen LogP contribution in [0.15, 0.2) is 0 Å². The summed E-state index contributed by atoms with van der Waals surface area (Å²) in [5.41, 5.74) is -0.123. The van der Waals surface area contributed by atoms with Gasteiger partial charge < -0.3 is 0 Å². The van der Waals surface area contributed by atoms with Crippen molar-refractivity contribution in [2.75, 3.05) is 19.0 Å². The maximum Gasteiger partial charge on any atom is 0.279 e. The number of rotatable bonds is 5. The van der Waals surface area contributed by atoms with Gasteiger partial charge >= 0.3 is 0 Å². The summed E-state index contributed by atoms with van der Waals surface area (Å²) >= 11 is 5.74. The van der Waals surface area contributed by atoms with Gasteiger partial charge in [0.2, 0.25) is 0 Å². The van der Waals surface area contributed by atoms with Crippen LogP contribution in [0, 0.1) is 5.41 Å². The van der Waals surface area contributed by atoms with E-state index in [2.05, 4.69) is 4.72 Å². The highest BCUT2D eigenvalue weighted by Crippen LogP contribution is 2.24. The Labute approximate surface area is 110 Å². The molecule has 1 heterocycles. The van der Waals surface area contributed by atoms with Crippen molar-refractivity contribution < 1.29 is 8.42 Å². The maximum absolute atomic E-state index is 12.1. The van der Waals surface area contributed by atoms with E-state index in [4.69, 9.17) is 11.6 Å². The molecule has 0 spiro atoms. The zero-order chi connectivity index (χ0) is 13.1. The Balaban J connectivity index is 2.72. The molecule has 0 bridgehead atoms. The van der Waals surface area contributed by atoms with Gasteiger partial charge in [0.05, 0.1) is 0 Å². The van der Waals surface area contributed by atoms with Gasteiger partial charge in [-0.25, -0.2) is 0 Å². The molecule has 1 rings (SSSR count). The van der Waals surface area contributed by atoms with Crippen molar-refractivity contribution in [3.63, 3.8) is 0 Å². The minimum Gasteiger partial charge on any atom is -0.198 e. The zero-order valence-corrected chi connectivity index (χ0v) is 12.4. The van der Waals surface area contributed by atoms with Gasteiger partial charge in [0.15, 0.2) is 0 Å². The van der Waals surface area contributed by atoms with Crippen molar-refractivity contribution in [2.24, 2.45) is 5.41 Å². The first-order valence-electron chi connectivity index (χ1n) is 6.11. The summed E-state index contributed by atoms with van der Waals surface area (Å²) in [5.74, 6) is 0.463. The normalized spacial score (nSPS) is 20.7. The quantitative estimate of drug-likeness (QED) is 0.784. The fraction of sp³-hybridized carbons (Fsp3) is 1.00. The predicted molar refractivity (Wildman–Crippen MR) is 71.4 cm³/mol. The first kappa shape index (κ1) is 15.2. The van der Waals surface area contributed by atoms with Gasteiger partial charge in [-0.3, -0.25) is 0 Å². The molecule has 1 saturated heterocycles. The van der Waals surface area contributed by atoms with Crippen molar-refractivity contribution in [3.05, 3.63) is 0 Å². The molecule has 17 heavy (non-hydrogen) atoms. The molecule has 0 amide bonds.